The van der Waals surface area contributed by atoms with E-state index >= 15 is 0 Å². The Balaban J connectivity index is 2.22. The number of hydrogen-bond acceptors (Lipinski definition) is 2. The fourth-order valence-corrected chi connectivity index (χ4v) is 2.52. The summed E-state index contributed by atoms with van der Waals surface area (Å²) >= 11 is 0. The van der Waals surface area contributed by atoms with Gasteiger partial charge in [0.1, 0.15) is 0 Å². The minimum absolute atomic E-state index is 0.0256. The third kappa shape index (κ3) is 1.76. The molecule has 19 heavy (non-hydrogen) atoms. The van der Waals surface area contributed by atoms with Crippen molar-refractivity contribution in [3.63, 3.8) is 0 Å². The van der Waals surface area contributed by atoms with Crippen molar-refractivity contribution >= 4 is 5.78 Å². The molecule has 2 aromatic carbocycles. The highest BCUT2D eigenvalue weighted by Crippen LogP contribution is 2.40. The third-order valence-electron chi connectivity index (χ3n) is 3.36. The Labute approximate surface area is 112 Å². The maximum absolute atomic E-state index is 12.5. The number of carbonyl (C=O) groups excluding carboxylic acids is 1. The van der Waals surface area contributed by atoms with Crippen LogP contribution in [0.2, 0.25) is 0 Å². The molecule has 0 amide bonds. The Morgan fingerprint density at radius 3 is 1.68 bits per heavy atom. The first-order valence-corrected chi connectivity index (χ1v) is 6.26. The molecule has 0 aliphatic carbocycles. The van der Waals surface area contributed by atoms with Crippen LogP contribution in [0.1, 0.15) is 18.1 Å². The topological polar surface area (TPSA) is 26.3 Å². The van der Waals surface area contributed by atoms with E-state index in [1.54, 1.807) is 6.08 Å². The maximum Gasteiger partial charge on any atom is 0.220 e. The first-order chi connectivity index (χ1) is 9.23. The van der Waals surface area contributed by atoms with Crippen molar-refractivity contribution < 1.29 is 9.53 Å². The van der Waals surface area contributed by atoms with Gasteiger partial charge in [-0.3, -0.25) is 4.79 Å². The molecule has 0 saturated carbocycles. The normalized spacial score (nSPS) is 16.9. The average Bonchev–Trinajstić information content (AvgIpc) is 2.76. The molecule has 2 nitrogen and oxygen atoms in total. The fraction of sp³-hybridized carbons (Fsp3) is 0.118. The number of ketones is 1. The minimum Gasteiger partial charge on any atom is -0.474 e. The Kier molecular flexibility index (Phi) is 2.71. The molecule has 0 saturated heterocycles. The maximum atomic E-state index is 12.5. The molecule has 0 fully saturated rings. The summed E-state index contributed by atoms with van der Waals surface area (Å²) in [5, 5.41) is 0. The lowest BCUT2D eigenvalue weighted by molar-refractivity contribution is -0.127. The lowest BCUT2D eigenvalue weighted by Crippen LogP contribution is -2.34. The molecule has 0 atom stereocenters. The molecule has 0 N–H and O–H groups in total. The highest BCUT2D eigenvalue weighted by Gasteiger charge is 2.46. The standard InChI is InChI=1S/C17H14O2/c1-13-12-16(18)17(19-13,14-8-4-2-5-9-14)15-10-6-3-7-11-15/h2-12H,1H3. The van der Waals surface area contributed by atoms with Gasteiger partial charge in [-0.2, -0.15) is 0 Å². The minimum atomic E-state index is -1.02. The van der Waals surface area contributed by atoms with Crippen molar-refractivity contribution in [2.75, 3.05) is 0 Å². The fourth-order valence-electron chi connectivity index (χ4n) is 2.52. The number of ether oxygens (including phenoxy) is 1. The van der Waals surface area contributed by atoms with Crippen LogP contribution in [-0.4, -0.2) is 5.78 Å². The molecule has 94 valence electrons. The predicted molar refractivity (Wildman–Crippen MR) is 73.5 cm³/mol. The Bertz CT molecular complexity index is 587. The van der Waals surface area contributed by atoms with E-state index in [0.717, 1.165) is 11.1 Å². The zero-order valence-electron chi connectivity index (χ0n) is 10.7. The second-order valence-electron chi connectivity index (χ2n) is 4.63. The van der Waals surface area contributed by atoms with Gasteiger partial charge in [0.05, 0.1) is 5.76 Å². The average molecular weight is 250 g/mol. The highest BCUT2D eigenvalue weighted by atomic mass is 16.5. The molecule has 2 heteroatoms. The van der Waals surface area contributed by atoms with Gasteiger partial charge in [0.15, 0.2) is 0 Å². The SMILES string of the molecule is CC1=CC(=O)C(c2ccccc2)(c2ccccc2)O1. The van der Waals surface area contributed by atoms with Crippen LogP contribution in [0.15, 0.2) is 72.5 Å². The molecular weight excluding hydrogens is 236 g/mol. The Morgan fingerprint density at radius 1 is 0.842 bits per heavy atom. The van der Waals surface area contributed by atoms with E-state index in [4.69, 9.17) is 4.74 Å². The monoisotopic (exact) mass is 250 g/mol. The van der Waals surface area contributed by atoms with Crippen molar-refractivity contribution in [1.29, 1.82) is 0 Å². The van der Waals surface area contributed by atoms with Crippen LogP contribution < -0.4 is 0 Å². The summed E-state index contributed by atoms with van der Waals surface area (Å²) in [5.74, 6) is 0.625. The number of rotatable bonds is 2. The molecule has 0 unspecified atom stereocenters. The zero-order chi connectivity index (χ0) is 13.3. The third-order valence-corrected chi connectivity index (χ3v) is 3.36. The van der Waals surface area contributed by atoms with Crippen molar-refractivity contribution in [3.8, 4) is 0 Å². The quantitative estimate of drug-likeness (QED) is 0.816. The van der Waals surface area contributed by atoms with Gasteiger partial charge in [-0.05, 0) is 6.92 Å². The molecule has 0 radical (unpaired) electrons. The van der Waals surface area contributed by atoms with Crippen LogP contribution in [0, 0.1) is 0 Å². The molecule has 1 aliphatic rings. The summed E-state index contributed by atoms with van der Waals surface area (Å²) in [6.07, 6.45) is 1.57. The second kappa shape index (κ2) is 4.39. The summed E-state index contributed by atoms with van der Waals surface area (Å²) in [7, 11) is 0. The van der Waals surface area contributed by atoms with Crippen LogP contribution in [-0.2, 0) is 15.1 Å². The Hall–Kier alpha value is -2.35. The molecule has 0 spiro atoms. The van der Waals surface area contributed by atoms with Crippen molar-refractivity contribution in [1.82, 2.24) is 0 Å². The van der Waals surface area contributed by atoms with Crippen molar-refractivity contribution in [2.24, 2.45) is 0 Å². The molecule has 0 bridgehead atoms. The van der Waals surface area contributed by atoms with Gasteiger partial charge in [-0.15, -0.1) is 0 Å². The van der Waals surface area contributed by atoms with Crippen LogP contribution in [0.25, 0.3) is 0 Å². The van der Waals surface area contributed by atoms with Gasteiger partial charge in [0, 0.05) is 17.2 Å². The van der Waals surface area contributed by atoms with E-state index in [0.29, 0.717) is 5.76 Å². The first-order valence-electron chi connectivity index (χ1n) is 6.26. The molecule has 3 rings (SSSR count). The van der Waals surface area contributed by atoms with E-state index in [1.807, 2.05) is 67.6 Å². The number of carbonyl (C=O) groups is 1. The van der Waals surface area contributed by atoms with E-state index in [2.05, 4.69) is 0 Å². The van der Waals surface area contributed by atoms with Gasteiger partial charge < -0.3 is 4.74 Å². The molecular formula is C17H14O2. The van der Waals surface area contributed by atoms with Gasteiger partial charge >= 0.3 is 0 Å². The van der Waals surface area contributed by atoms with Gasteiger partial charge in [-0.25, -0.2) is 0 Å². The smallest absolute Gasteiger partial charge is 0.220 e. The molecule has 0 aromatic heterocycles. The van der Waals surface area contributed by atoms with Gasteiger partial charge in [0.2, 0.25) is 11.4 Å². The van der Waals surface area contributed by atoms with Crippen LogP contribution >= 0.6 is 0 Å². The molecule has 1 heterocycles. The number of hydrogen-bond donors (Lipinski definition) is 0. The van der Waals surface area contributed by atoms with Gasteiger partial charge in [0.25, 0.3) is 0 Å². The summed E-state index contributed by atoms with van der Waals surface area (Å²) in [6.45, 7) is 1.81. The Morgan fingerprint density at radius 2 is 1.32 bits per heavy atom. The molecule has 1 aliphatic heterocycles. The summed E-state index contributed by atoms with van der Waals surface area (Å²) < 4.78 is 5.94. The van der Waals surface area contributed by atoms with E-state index in [1.165, 1.54) is 0 Å². The lowest BCUT2D eigenvalue weighted by Gasteiger charge is -2.29. The highest BCUT2D eigenvalue weighted by molar-refractivity contribution is 6.02. The summed E-state index contributed by atoms with van der Waals surface area (Å²) in [5.41, 5.74) is 0.700. The number of allylic oxidation sites excluding steroid dienone is 1. The van der Waals surface area contributed by atoms with Crippen molar-refractivity contribution in [3.05, 3.63) is 83.6 Å². The van der Waals surface area contributed by atoms with Crippen LogP contribution in [0.4, 0.5) is 0 Å². The van der Waals surface area contributed by atoms with Crippen LogP contribution in [0.3, 0.4) is 0 Å². The zero-order valence-corrected chi connectivity index (χ0v) is 10.7. The first kappa shape index (κ1) is 11.7. The van der Waals surface area contributed by atoms with Gasteiger partial charge in [-0.1, -0.05) is 60.7 Å². The predicted octanol–water partition coefficient (Wildman–Crippen LogP) is 3.43. The van der Waals surface area contributed by atoms with E-state index in [9.17, 15) is 4.79 Å². The summed E-state index contributed by atoms with van der Waals surface area (Å²) in [4.78, 5) is 12.5. The van der Waals surface area contributed by atoms with E-state index < -0.39 is 5.60 Å². The van der Waals surface area contributed by atoms with Crippen molar-refractivity contribution in [2.45, 2.75) is 12.5 Å². The lowest BCUT2D eigenvalue weighted by atomic mass is 9.83. The number of benzene rings is 2. The second-order valence-corrected chi connectivity index (χ2v) is 4.63. The van der Waals surface area contributed by atoms with E-state index in [-0.39, 0.29) is 5.78 Å². The largest absolute Gasteiger partial charge is 0.474 e. The molecule has 2 aromatic rings. The van der Waals surface area contributed by atoms with Crippen LogP contribution in [0.5, 0.6) is 0 Å². The summed E-state index contributed by atoms with van der Waals surface area (Å²) in [6, 6.07) is 19.3.